The summed E-state index contributed by atoms with van der Waals surface area (Å²) in [6.07, 6.45) is 78.8. The van der Waals surface area contributed by atoms with Crippen LogP contribution >= 0.6 is 0 Å². The molecule has 0 aliphatic carbocycles. The molecule has 0 fully saturated rings. The molecule has 0 saturated carbocycles. The van der Waals surface area contributed by atoms with Crippen LogP contribution in [0.15, 0.2) is 36.5 Å². The lowest BCUT2D eigenvalue weighted by molar-refractivity contribution is -0.143. The Hall–Kier alpha value is -1.92. The van der Waals surface area contributed by atoms with Crippen LogP contribution in [-0.4, -0.2) is 47.4 Å². The largest absolute Gasteiger partial charge is 0.466 e. The predicted molar refractivity (Wildman–Crippen MR) is 319 cm³/mol. The van der Waals surface area contributed by atoms with Gasteiger partial charge in [0.05, 0.1) is 25.4 Å². The molecule has 1 amide bonds. The van der Waals surface area contributed by atoms with Crippen molar-refractivity contribution in [3.63, 3.8) is 0 Å². The molecular formula is C67H127NO5. The van der Waals surface area contributed by atoms with E-state index >= 15 is 0 Å². The third-order valence-electron chi connectivity index (χ3n) is 15.2. The molecule has 430 valence electrons. The van der Waals surface area contributed by atoms with Crippen molar-refractivity contribution in [2.45, 2.75) is 366 Å². The predicted octanol–water partition coefficient (Wildman–Crippen LogP) is 20.8. The lowest BCUT2D eigenvalue weighted by Gasteiger charge is -2.22. The number of aliphatic hydroxyl groups is 2. The Morgan fingerprint density at radius 3 is 1.10 bits per heavy atom. The summed E-state index contributed by atoms with van der Waals surface area (Å²) in [6, 6.07) is -0.554. The van der Waals surface area contributed by atoms with Gasteiger partial charge in [0, 0.05) is 12.8 Å². The average molecular weight is 1030 g/mol. The number of hydrogen-bond acceptors (Lipinski definition) is 5. The monoisotopic (exact) mass is 1030 g/mol. The summed E-state index contributed by atoms with van der Waals surface area (Å²) in [5.74, 6) is -0.0574. The Morgan fingerprint density at radius 1 is 0.384 bits per heavy atom. The number of carbonyl (C=O) groups excluding carboxylic acids is 2. The molecule has 73 heavy (non-hydrogen) atoms. The number of hydrogen-bond donors (Lipinski definition) is 3. The van der Waals surface area contributed by atoms with E-state index in [0.29, 0.717) is 25.9 Å². The number of ether oxygens (including phenoxy) is 1. The van der Waals surface area contributed by atoms with Crippen molar-refractivity contribution in [1.29, 1.82) is 0 Å². The van der Waals surface area contributed by atoms with Crippen LogP contribution < -0.4 is 5.32 Å². The first kappa shape index (κ1) is 71.1. The smallest absolute Gasteiger partial charge is 0.305 e. The quantitative estimate of drug-likeness (QED) is 0.0320. The van der Waals surface area contributed by atoms with Crippen molar-refractivity contribution >= 4 is 11.9 Å². The van der Waals surface area contributed by atoms with Crippen molar-refractivity contribution in [1.82, 2.24) is 5.32 Å². The Morgan fingerprint density at radius 2 is 0.699 bits per heavy atom. The number of amides is 1. The Kier molecular flexibility index (Phi) is 61.0. The lowest BCUT2D eigenvalue weighted by atomic mass is 10.0. The zero-order valence-electron chi connectivity index (χ0n) is 49.1. The fourth-order valence-corrected chi connectivity index (χ4v) is 10.1. The van der Waals surface area contributed by atoms with Gasteiger partial charge < -0.3 is 20.3 Å². The molecule has 0 aromatic rings. The summed E-state index contributed by atoms with van der Waals surface area (Å²) < 4.78 is 5.47. The fourth-order valence-electron chi connectivity index (χ4n) is 10.1. The second kappa shape index (κ2) is 62.6. The molecule has 2 atom stereocenters. The summed E-state index contributed by atoms with van der Waals surface area (Å²) in [5, 5.41) is 23.4. The Labute approximate surface area is 455 Å². The number of unbranched alkanes of at least 4 members (excludes halogenated alkanes) is 44. The molecule has 0 spiro atoms. The van der Waals surface area contributed by atoms with Gasteiger partial charge in [0.25, 0.3) is 0 Å². The minimum atomic E-state index is -0.675. The van der Waals surface area contributed by atoms with Crippen LogP contribution in [0.1, 0.15) is 354 Å². The summed E-state index contributed by atoms with van der Waals surface area (Å²) >= 11 is 0. The van der Waals surface area contributed by atoms with Crippen LogP contribution in [0.25, 0.3) is 0 Å². The van der Waals surface area contributed by atoms with Crippen LogP contribution in [0.4, 0.5) is 0 Å². The van der Waals surface area contributed by atoms with E-state index in [1.54, 1.807) is 0 Å². The minimum absolute atomic E-state index is 0.0111. The van der Waals surface area contributed by atoms with Gasteiger partial charge in [-0.05, 0) is 77.0 Å². The fraction of sp³-hybridized carbons (Fsp3) is 0.881. The van der Waals surface area contributed by atoms with Gasteiger partial charge in [0.15, 0.2) is 0 Å². The Bertz CT molecular complexity index is 1180. The van der Waals surface area contributed by atoms with Crippen molar-refractivity contribution in [2.24, 2.45) is 0 Å². The Balaban J connectivity index is 3.45. The SMILES string of the molecule is CCCC/C=C\C/C=C\CCCCCCCC(=O)OCCCCCCCCCCC/C=C\CCCCCCCC(=O)NC(CO)C(O)CCCCCCCCCCCCCCCCCCCCCCCCCC. The first-order valence-electron chi connectivity index (χ1n) is 32.7. The van der Waals surface area contributed by atoms with Crippen LogP contribution in [0, 0.1) is 0 Å². The summed E-state index contributed by atoms with van der Waals surface area (Å²) in [5.41, 5.74) is 0. The normalized spacial score (nSPS) is 12.8. The third kappa shape index (κ3) is 59.2. The van der Waals surface area contributed by atoms with Crippen molar-refractivity contribution in [3.05, 3.63) is 36.5 Å². The molecule has 0 bridgehead atoms. The zero-order valence-corrected chi connectivity index (χ0v) is 49.1. The van der Waals surface area contributed by atoms with E-state index in [1.165, 1.54) is 250 Å². The standard InChI is InChI=1S/C67H127NO5/c1-3-5-7-9-11-13-15-17-19-20-21-22-23-24-25-26-29-32-35-39-43-47-51-55-59-65(70)64(63-69)68-66(71)60-56-52-48-44-40-36-33-30-27-28-31-34-38-42-46-50-54-58-62-73-67(72)61-57-53-49-45-41-37-18-16-14-12-10-8-6-4-2/h10,12,16,18,30,33,64-65,69-70H,3-9,11,13-15,17,19-29,31-32,34-63H2,1-2H3,(H,68,71)/b12-10-,18-16-,33-30-. The number of esters is 1. The van der Waals surface area contributed by atoms with E-state index in [-0.39, 0.29) is 18.5 Å². The zero-order chi connectivity index (χ0) is 52.9. The summed E-state index contributed by atoms with van der Waals surface area (Å²) in [7, 11) is 0. The van der Waals surface area contributed by atoms with E-state index in [4.69, 9.17) is 4.74 Å². The number of nitrogens with one attached hydrogen (secondary N) is 1. The average Bonchev–Trinajstić information content (AvgIpc) is 3.39. The molecule has 0 radical (unpaired) electrons. The van der Waals surface area contributed by atoms with Crippen LogP contribution in [-0.2, 0) is 14.3 Å². The molecular weight excluding hydrogens is 899 g/mol. The number of carbonyl (C=O) groups is 2. The third-order valence-corrected chi connectivity index (χ3v) is 15.2. The van der Waals surface area contributed by atoms with Gasteiger partial charge in [0.2, 0.25) is 5.91 Å². The number of rotatable bonds is 61. The van der Waals surface area contributed by atoms with Gasteiger partial charge in [-0.25, -0.2) is 0 Å². The van der Waals surface area contributed by atoms with Crippen molar-refractivity contribution < 1.29 is 24.5 Å². The first-order valence-corrected chi connectivity index (χ1v) is 32.7. The summed E-state index contributed by atoms with van der Waals surface area (Å²) in [6.45, 7) is 4.91. The van der Waals surface area contributed by atoms with Gasteiger partial charge in [-0.15, -0.1) is 0 Å². The highest BCUT2D eigenvalue weighted by Crippen LogP contribution is 2.18. The lowest BCUT2D eigenvalue weighted by Crippen LogP contribution is -2.45. The van der Waals surface area contributed by atoms with Crippen LogP contribution in [0.3, 0.4) is 0 Å². The highest BCUT2D eigenvalue weighted by molar-refractivity contribution is 5.76. The summed E-state index contributed by atoms with van der Waals surface area (Å²) in [4.78, 5) is 24.6. The number of aliphatic hydroxyl groups excluding tert-OH is 2. The van der Waals surface area contributed by atoms with Gasteiger partial charge in [-0.1, -0.05) is 301 Å². The molecule has 0 aromatic carbocycles. The maximum atomic E-state index is 12.5. The molecule has 3 N–H and O–H groups in total. The van der Waals surface area contributed by atoms with E-state index in [9.17, 15) is 19.8 Å². The van der Waals surface area contributed by atoms with E-state index in [2.05, 4.69) is 55.6 Å². The maximum Gasteiger partial charge on any atom is 0.305 e. The second-order valence-electron chi connectivity index (χ2n) is 22.4. The molecule has 0 heterocycles. The van der Waals surface area contributed by atoms with Crippen LogP contribution in [0.2, 0.25) is 0 Å². The van der Waals surface area contributed by atoms with Crippen molar-refractivity contribution in [3.8, 4) is 0 Å². The van der Waals surface area contributed by atoms with Gasteiger partial charge in [-0.3, -0.25) is 9.59 Å². The minimum Gasteiger partial charge on any atom is -0.466 e. The van der Waals surface area contributed by atoms with Gasteiger partial charge >= 0.3 is 5.97 Å². The van der Waals surface area contributed by atoms with E-state index in [0.717, 1.165) is 70.6 Å². The van der Waals surface area contributed by atoms with Crippen molar-refractivity contribution in [2.75, 3.05) is 13.2 Å². The van der Waals surface area contributed by atoms with Gasteiger partial charge in [-0.2, -0.15) is 0 Å². The molecule has 0 rings (SSSR count). The molecule has 6 heteroatoms. The van der Waals surface area contributed by atoms with E-state index in [1.807, 2.05) is 0 Å². The number of allylic oxidation sites excluding steroid dienone is 6. The van der Waals surface area contributed by atoms with E-state index < -0.39 is 12.1 Å². The second-order valence-corrected chi connectivity index (χ2v) is 22.4. The first-order chi connectivity index (χ1) is 36.0. The molecule has 0 aliphatic rings. The maximum absolute atomic E-state index is 12.5. The molecule has 6 nitrogen and oxygen atoms in total. The van der Waals surface area contributed by atoms with Crippen LogP contribution in [0.5, 0.6) is 0 Å². The highest BCUT2D eigenvalue weighted by atomic mass is 16.5. The molecule has 0 aromatic heterocycles. The highest BCUT2D eigenvalue weighted by Gasteiger charge is 2.20. The topological polar surface area (TPSA) is 95.9 Å². The molecule has 0 aliphatic heterocycles. The van der Waals surface area contributed by atoms with Gasteiger partial charge in [0.1, 0.15) is 0 Å². The molecule has 2 unspecified atom stereocenters. The molecule has 0 saturated heterocycles.